The number of carbonyl (C=O) groups is 3. The molecule has 3 aliphatic rings. The average Bonchev–Trinajstić information content (AvgIpc) is 1.65. The van der Waals surface area contributed by atoms with Gasteiger partial charge in [0, 0.05) is 127 Å². The second-order valence-corrected chi connectivity index (χ2v) is 23.6. The number of anilines is 3. The van der Waals surface area contributed by atoms with Crippen LogP contribution in [0.4, 0.5) is 17.5 Å². The van der Waals surface area contributed by atoms with Crippen molar-refractivity contribution in [3.63, 3.8) is 0 Å². The Morgan fingerprint density at radius 1 is 0.451 bits per heavy atom. The summed E-state index contributed by atoms with van der Waals surface area (Å²) in [7, 11) is 5.42. The van der Waals surface area contributed by atoms with Crippen LogP contribution < -0.4 is 31.9 Å². The second kappa shape index (κ2) is 24.2. The maximum absolute atomic E-state index is 12.7. The zero-order chi connectivity index (χ0) is 63.0. The molecule has 12 aromatic rings. The van der Waals surface area contributed by atoms with E-state index < -0.39 is 18.3 Å². The van der Waals surface area contributed by atoms with E-state index in [1.165, 1.54) is 18.6 Å². The molecule has 6 atom stereocenters. The van der Waals surface area contributed by atoms with Crippen LogP contribution in [0.5, 0.6) is 0 Å². The Balaban J connectivity index is 0.000000131. The first-order valence-electron chi connectivity index (χ1n) is 30.0. The van der Waals surface area contributed by atoms with Crippen molar-refractivity contribution in [3.8, 4) is 33.8 Å². The first-order valence-corrected chi connectivity index (χ1v) is 30.0. The number of aromatic nitrogens is 15. The minimum atomic E-state index is -0.471. The maximum Gasteiger partial charge on any atom is 0.257 e. The molecule has 0 radical (unpaired) electrons. The Bertz CT molecular complexity index is 4290. The molecule has 3 aliphatic carbocycles. The van der Waals surface area contributed by atoms with E-state index in [4.69, 9.17) is 15.0 Å². The molecule has 0 spiro atoms. The van der Waals surface area contributed by atoms with Gasteiger partial charge in [0.05, 0.1) is 72.1 Å². The molecule has 3 fully saturated rings. The predicted molar refractivity (Wildman–Crippen MR) is 347 cm³/mol. The van der Waals surface area contributed by atoms with Gasteiger partial charge in [0.1, 0.15) is 51.1 Å². The van der Waals surface area contributed by atoms with Crippen LogP contribution in [0.2, 0.25) is 0 Å². The summed E-state index contributed by atoms with van der Waals surface area (Å²) < 4.78 is 11.2. The largest absolute Gasteiger partial charge is 0.391 e. The highest BCUT2D eigenvalue weighted by atomic mass is 16.3. The summed E-state index contributed by atoms with van der Waals surface area (Å²) in [5.74, 6) is 1.29. The van der Waals surface area contributed by atoms with Gasteiger partial charge in [-0.1, -0.05) is 7.43 Å². The summed E-state index contributed by atoms with van der Waals surface area (Å²) in [5, 5.41) is 62.5. The summed E-state index contributed by atoms with van der Waals surface area (Å²) in [5.41, 5.74) is 10.2. The molecule has 0 bridgehead atoms. The summed E-state index contributed by atoms with van der Waals surface area (Å²) in [6.45, 7) is 12.7. The van der Waals surface area contributed by atoms with Gasteiger partial charge in [-0.05, 0) is 97.2 Å². The number of hydrogen-bond donors (Lipinski definition) is 9. The van der Waals surface area contributed by atoms with Crippen LogP contribution in [-0.4, -0.2) is 163 Å². The Morgan fingerprint density at radius 3 is 0.945 bits per heavy atom. The summed E-state index contributed by atoms with van der Waals surface area (Å²) in [6, 6.07) is 17.7. The number of hydrogen-bond acceptors (Lipinski definition) is 18. The molecule has 0 aromatic carbocycles. The van der Waals surface area contributed by atoms with Crippen molar-refractivity contribution in [2.45, 2.75) is 123 Å². The minimum absolute atomic E-state index is 0. The molecule has 0 aliphatic heterocycles. The summed E-state index contributed by atoms with van der Waals surface area (Å²) in [6.07, 6.45) is 16.4. The monoisotopic (exact) mass is 1230 g/mol. The van der Waals surface area contributed by atoms with Crippen LogP contribution >= 0.6 is 0 Å². The lowest BCUT2D eigenvalue weighted by Gasteiger charge is -2.08. The first-order chi connectivity index (χ1) is 43.4. The highest BCUT2D eigenvalue weighted by molar-refractivity contribution is 6.03. The Morgan fingerprint density at radius 2 is 0.714 bits per heavy atom. The number of aliphatic hydroxyl groups is 3. The van der Waals surface area contributed by atoms with E-state index in [1.54, 1.807) is 53.3 Å². The van der Waals surface area contributed by atoms with Crippen molar-refractivity contribution in [1.29, 1.82) is 0 Å². The van der Waals surface area contributed by atoms with Gasteiger partial charge in [0.2, 0.25) is 0 Å². The van der Waals surface area contributed by atoms with Crippen molar-refractivity contribution in [3.05, 3.63) is 127 Å². The van der Waals surface area contributed by atoms with Crippen LogP contribution in [0.25, 0.3) is 83.8 Å². The van der Waals surface area contributed by atoms with Crippen LogP contribution in [0.3, 0.4) is 0 Å². The molecule has 27 nitrogen and oxygen atoms in total. The number of nitrogens with zero attached hydrogens (tertiary/aromatic N) is 15. The Kier molecular flexibility index (Phi) is 16.2. The van der Waals surface area contributed by atoms with E-state index in [9.17, 15) is 29.7 Å². The predicted octanol–water partition coefficient (Wildman–Crippen LogP) is 7.33. The van der Waals surface area contributed by atoms with E-state index in [2.05, 4.69) is 136 Å². The molecular formula is C64H73N21O6. The van der Waals surface area contributed by atoms with Gasteiger partial charge in [-0.25, -0.2) is 29.9 Å². The zero-order valence-electron chi connectivity index (χ0n) is 51.0. The van der Waals surface area contributed by atoms with E-state index in [1.807, 2.05) is 54.6 Å². The molecule has 27 heteroatoms. The van der Waals surface area contributed by atoms with Gasteiger partial charge in [-0.2, -0.15) is 28.8 Å². The smallest absolute Gasteiger partial charge is 0.257 e. The van der Waals surface area contributed by atoms with Gasteiger partial charge < -0.3 is 60.9 Å². The van der Waals surface area contributed by atoms with Crippen LogP contribution in [0.1, 0.15) is 117 Å². The Labute approximate surface area is 522 Å². The molecule has 3 amide bonds. The highest BCUT2D eigenvalue weighted by Crippen LogP contribution is 2.37. The normalized spacial score (nSPS) is 18.1. The molecule has 12 aromatic heterocycles. The molecule has 15 rings (SSSR count). The third-order valence-corrected chi connectivity index (χ3v) is 16.4. The van der Waals surface area contributed by atoms with Crippen molar-refractivity contribution < 1.29 is 29.7 Å². The number of fused-ring (bicyclic) bond motifs is 6. The molecular weight excluding hydrogens is 1160 g/mol. The number of amides is 3. The molecule has 91 heavy (non-hydrogen) atoms. The van der Waals surface area contributed by atoms with Crippen LogP contribution in [0, 0.1) is 0 Å². The van der Waals surface area contributed by atoms with Gasteiger partial charge in [0.15, 0.2) is 16.9 Å². The van der Waals surface area contributed by atoms with Crippen molar-refractivity contribution in [1.82, 2.24) is 88.4 Å². The van der Waals surface area contributed by atoms with Gasteiger partial charge in [-0.15, -0.1) is 0 Å². The van der Waals surface area contributed by atoms with Crippen molar-refractivity contribution in [2.24, 2.45) is 0 Å². The molecule has 0 saturated heterocycles. The third kappa shape index (κ3) is 11.3. The fourth-order valence-corrected chi connectivity index (χ4v) is 11.1. The molecule has 470 valence electrons. The number of nitrogens with one attached hydrogen (secondary N) is 6. The van der Waals surface area contributed by atoms with Gasteiger partial charge >= 0.3 is 0 Å². The van der Waals surface area contributed by atoms with Crippen LogP contribution in [-0.2, 0) is 0 Å². The number of pyridine rings is 3. The topological polar surface area (TPSA) is 328 Å². The van der Waals surface area contributed by atoms with Crippen molar-refractivity contribution >= 4 is 85.2 Å². The number of carbonyl (C=O) groups excluding carboxylic acids is 3. The lowest BCUT2D eigenvalue weighted by Crippen LogP contribution is -2.27. The average molecular weight is 1230 g/mol. The lowest BCUT2D eigenvalue weighted by molar-refractivity contribution is 0.0936. The SMILES string of the molecule is C.CNc1cc(-c2cn(C(C)C)c3ncccc23)nc2c(C(=O)NC3C[C@H]3O)cnn12.CNc1cc(-c2cn(C(C)C)c3ncccc23)nc2c(C(=O)N[C@@H]3C[C@H]3O)cnn12.CNc1cc(-c2cn(C(C)C)c3ncccc23)nc2c(C(=O)N[C@H]3C[C@@H]3O)cnn12. The highest BCUT2D eigenvalue weighted by Gasteiger charge is 2.39. The second-order valence-electron chi connectivity index (χ2n) is 23.6. The van der Waals surface area contributed by atoms with Crippen LogP contribution in [0.15, 0.2) is 110 Å². The number of aliphatic hydroxyl groups excluding tert-OH is 3. The van der Waals surface area contributed by atoms with E-state index in [0.29, 0.717) is 52.9 Å². The van der Waals surface area contributed by atoms with Gasteiger partial charge in [-0.3, -0.25) is 14.4 Å². The maximum atomic E-state index is 12.7. The number of rotatable bonds is 15. The van der Waals surface area contributed by atoms with Gasteiger partial charge in [0.25, 0.3) is 17.7 Å². The minimum Gasteiger partial charge on any atom is -0.391 e. The molecule has 9 N–H and O–H groups in total. The first kappa shape index (κ1) is 60.9. The van der Waals surface area contributed by atoms with Crippen molar-refractivity contribution in [2.75, 3.05) is 37.1 Å². The van der Waals surface area contributed by atoms with E-state index in [-0.39, 0.29) is 61.4 Å². The molecule has 1 unspecified atom stereocenters. The standard InChI is InChI=1S/3C21H23N7O2.CH4/c3*1-11(2)27-10-14(12-5-4-6-23-19(12)27)15-8-18(22-3)28-20(25-15)13(9-24-28)21(30)26-16-7-17(16)29;/h3*4-6,8-11,16-17,22,29H,7H2,1-3H3,(H,26,30);1H4/t16?,17-;2*16-,17-;/m110./s1. The van der Waals surface area contributed by atoms with E-state index in [0.717, 1.165) is 84.3 Å². The summed E-state index contributed by atoms with van der Waals surface area (Å²) in [4.78, 5) is 66.2. The Hall–Kier alpha value is -10.4. The fourth-order valence-electron chi connectivity index (χ4n) is 11.1. The lowest BCUT2D eigenvalue weighted by atomic mass is 10.1. The zero-order valence-corrected chi connectivity index (χ0v) is 51.0. The quantitative estimate of drug-likeness (QED) is 0.0485. The summed E-state index contributed by atoms with van der Waals surface area (Å²) >= 11 is 0. The fraction of sp³-hybridized carbons (Fsp3) is 0.344. The molecule has 3 saturated carbocycles. The van der Waals surface area contributed by atoms with E-state index >= 15 is 0 Å². The third-order valence-electron chi connectivity index (χ3n) is 16.4. The molecule has 12 heterocycles.